The molecule has 0 amide bonds. The fourth-order valence-electron chi connectivity index (χ4n) is 1.84. The Bertz CT molecular complexity index is 418. The monoisotopic (exact) mass is 296 g/mol. The van der Waals surface area contributed by atoms with Crippen molar-refractivity contribution in [2.75, 3.05) is 40.8 Å². The molecule has 0 aromatic heterocycles. The fourth-order valence-corrected chi connectivity index (χ4v) is 2.05. The van der Waals surface area contributed by atoms with E-state index in [9.17, 15) is 0 Å². The Kier molecular flexibility index (Phi) is 8.07. The Morgan fingerprint density at radius 3 is 2.65 bits per heavy atom. The Labute approximate surface area is 127 Å². The minimum absolute atomic E-state index is 0.786. The second kappa shape index (κ2) is 9.61. The van der Waals surface area contributed by atoms with Gasteiger partial charge in [-0.25, -0.2) is 0 Å². The maximum Gasteiger partial charge on any atom is 0.190 e. The highest BCUT2D eigenvalue weighted by Crippen LogP contribution is 2.10. The predicted octanol–water partition coefficient (Wildman–Crippen LogP) is 2.00. The lowest BCUT2D eigenvalue weighted by molar-refractivity contribution is 0.399. The number of nitrogens with zero attached hydrogens (tertiary/aromatic N) is 2. The predicted molar refractivity (Wildman–Crippen MR) is 87.7 cm³/mol. The van der Waals surface area contributed by atoms with Gasteiger partial charge in [-0.1, -0.05) is 23.7 Å². The molecule has 1 aromatic rings. The number of hydrogen-bond donors (Lipinski definition) is 2. The van der Waals surface area contributed by atoms with Crippen molar-refractivity contribution in [3.63, 3.8) is 0 Å². The molecule has 0 unspecified atom stereocenters. The molecule has 0 radical (unpaired) electrons. The van der Waals surface area contributed by atoms with Crippen molar-refractivity contribution >= 4 is 17.6 Å². The zero-order valence-corrected chi connectivity index (χ0v) is 13.4. The summed E-state index contributed by atoms with van der Waals surface area (Å²) < 4.78 is 0. The normalized spacial score (nSPS) is 11.8. The highest BCUT2D eigenvalue weighted by molar-refractivity contribution is 6.30. The standard InChI is InChI=1S/C15H25ClN4/c1-17-15(18-9-5-11-20(2)3)19-10-8-13-6-4-7-14(16)12-13/h4,6-7,12H,5,8-11H2,1-3H3,(H2,17,18,19). The Balaban J connectivity index is 2.21. The molecular formula is C15H25ClN4. The summed E-state index contributed by atoms with van der Waals surface area (Å²) in [5.41, 5.74) is 1.23. The Hall–Kier alpha value is -1.26. The average molecular weight is 297 g/mol. The molecule has 0 atom stereocenters. The first kappa shape index (κ1) is 16.8. The first-order valence-electron chi connectivity index (χ1n) is 6.95. The van der Waals surface area contributed by atoms with E-state index in [2.05, 4.69) is 40.7 Å². The summed E-state index contributed by atoms with van der Waals surface area (Å²) >= 11 is 5.96. The molecule has 5 heteroatoms. The van der Waals surface area contributed by atoms with Gasteiger partial charge < -0.3 is 15.5 Å². The molecule has 2 N–H and O–H groups in total. The topological polar surface area (TPSA) is 39.7 Å². The Morgan fingerprint density at radius 1 is 1.25 bits per heavy atom. The van der Waals surface area contributed by atoms with Crippen LogP contribution in [0.3, 0.4) is 0 Å². The van der Waals surface area contributed by atoms with E-state index in [4.69, 9.17) is 11.6 Å². The van der Waals surface area contributed by atoms with E-state index in [0.717, 1.165) is 43.5 Å². The van der Waals surface area contributed by atoms with Crippen LogP contribution in [0.1, 0.15) is 12.0 Å². The second-order valence-electron chi connectivity index (χ2n) is 4.96. The molecule has 4 nitrogen and oxygen atoms in total. The molecule has 0 bridgehead atoms. The molecule has 0 aliphatic carbocycles. The summed E-state index contributed by atoms with van der Waals surface area (Å²) in [6.07, 6.45) is 2.03. The van der Waals surface area contributed by atoms with Crippen molar-refractivity contribution in [2.24, 2.45) is 4.99 Å². The molecule has 1 rings (SSSR count). The first-order valence-corrected chi connectivity index (χ1v) is 7.33. The molecule has 0 spiro atoms. The molecule has 20 heavy (non-hydrogen) atoms. The third-order valence-electron chi connectivity index (χ3n) is 2.89. The smallest absolute Gasteiger partial charge is 0.190 e. The first-order chi connectivity index (χ1) is 9.61. The quantitative estimate of drug-likeness (QED) is 0.459. The number of rotatable bonds is 7. The summed E-state index contributed by atoms with van der Waals surface area (Å²) in [4.78, 5) is 6.39. The molecule has 0 heterocycles. The van der Waals surface area contributed by atoms with Crippen molar-refractivity contribution in [1.82, 2.24) is 15.5 Å². The molecule has 0 saturated heterocycles. The van der Waals surface area contributed by atoms with E-state index >= 15 is 0 Å². The van der Waals surface area contributed by atoms with Gasteiger partial charge in [-0.15, -0.1) is 0 Å². The van der Waals surface area contributed by atoms with Crippen LogP contribution in [0.15, 0.2) is 29.3 Å². The Morgan fingerprint density at radius 2 is 2.00 bits per heavy atom. The lowest BCUT2D eigenvalue weighted by Gasteiger charge is -2.13. The van der Waals surface area contributed by atoms with E-state index in [1.54, 1.807) is 7.05 Å². The number of nitrogens with one attached hydrogen (secondary N) is 2. The van der Waals surface area contributed by atoms with Gasteiger partial charge in [-0.2, -0.15) is 0 Å². The van der Waals surface area contributed by atoms with Gasteiger partial charge in [0.15, 0.2) is 5.96 Å². The van der Waals surface area contributed by atoms with Crippen molar-refractivity contribution in [3.05, 3.63) is 34.9 Å². The number of benzene rings is 1. The lowest BCUT2D eigenvalue weighted by atomic mass is 10.1. The highest BCUT2D eigenvalue weighted by atomic mass is 35.5. The maximum atomic E-state index is 5.96. The zero-order valence-electron chi connectivity index (χ0n) is 12.6. The van der Waals surface area contributed by atoms with Crippen LogP contribution in [0.25, 0.3) is 0 Å². The van der Waals surface area contributed by atoms with Crippen molar-refractivity contribution in [3.8, 4) is 0 Å². The van der Waals surface area contributed by atoms with Crippen molar-refractivity contribution < 1.29 is 0 Å². The van der Waals surface area contributed by atoms with Crippen LogP contribution in [0.2, 0.25) is 5.02 Å². The molecule has 0 aliphatic heterocycles. The van der Waals surface area contributed by atoms with Gasteiger partial charge in [0, 0.05) is 25.2 Å². The second-order valence-corrected chi connectivity index (χ2v) is 5.40. The third kappa shape index (κ3) is 7.36. The molecule has 1 aromatic carbocycles. The van der Waals surface area contributed by atoms with Gasteiger partial charge in [0.1, 0.15) is 0 Å². The van der Waals surface area contributed by atoms with Gasteiger partial charge in [0.2, 0.25) is 0 Å². The summed E-state index contributed by atoms with van der Waals surface area (Å²) in [6, 6.07) is 7.95. The van der Waals surface area contributed by atoms with E-state index < -0.39 is 0 Å². The minimum Gasteiger partial charge on any atom is -0.356 e. The van der Waals surface area contributed by atoms with Crippen molar-refractivity contribution in [1.29, 1.82) is 0 Å². The summed E-state index contributed by atoms with van der Waals surface area (Å²) in [6.45, 7) is 2.84. The summed E-state index contributed by atoms with van der Waals surface area (Å²) in [5, 5.41) is 7.40. The summed E-state index contributed by atoms with van der Waals surface area (Å²) in [5.74, 6) is 0.853. The maximum absolute atomic E-state index is 5.96. The average Bonchev–Trinajstić information content (AvgIpc) is 2.41. The van der Waals surface area contributed by atoms with Gasteiger partial charge >= 0.3 is 0 Å². The SMILES string of the molecule is CN=C(NCCCN(C)C)NCCc1cccc(Cl)c1. The zero-order chi connectivity index (χ0) is 14.8. The summed E-state index contributed by atoms with van der Waals surface area (Å²) in [7, 11) is 5.96. The van der Waals surface area contributed by atoms with E-state index in [0.29, 0.717) is 0 Å². The van der Waals surface area contributed by atoms with E-state index in [1.165, 1.54) is 5.56 Å². The van der Waals surface area contributed by atoms with Crippen LogP contribution in [0.4, 0.5) is 0 Å². The third-order valence-corrected chi connectivity index (χ3v) is 3.13. The van der Waals surface area contributed by atoms with Crippen LogP contribution >= 0.6 is 11.6 Å². The number of halogens is 1. The van der Waals surface area contributed by atoms with Gasteiger partial charge in [0.25, 0.3) is 0 Å². The number of hydrogen-bond acceptors (Lipinski definition) is 2. The largest absolute Gasteiger partial charge is 0.356 e. The number of aliphatic imine (C=N–C) groups is 1. The number of guanidine groups is 1. The molecular weight excluding hydrogens is 272 g/mol. The van der Waals surface area contributed by atoms with E-state index in [1.807, 2.05) is 18.2 Å². The van der Waals surface area contributed by atoms with Gasteiger partial charge in [0.05, 0.1) is 0 Å². The highest BCUT2D eigenvalue weighted by Gasteiger charge is 1.98. The van der Waals surface area contributed by atoms with Crippen LogP contribution in [-0.2, 0) is 6.42 Å². The fraction of sp³-hybridized carbons (Fsp3) is 0.533. The lowest BCUT2D eigenvalue weighted by Crippen LogP contribution is -2.39. The van der Waals surface area contributed by atoms with Crippen LogP contribution in [-0.4, -0.2) is 51.6 Å². The van der Waals surface area contributed by atoms with Crippen LogP contribution in [0.5, 0.6) is 0 Å². The molecule has 0 aliphatic rings. The van der Waals surface area contributed by atoms with Crippen molar-refractivity contribution in [2.45, 2.75) is 12.8 Å². The molecule has 0 saturated carbocycles. The van der Waals surface area contributed by atoms with Gasteiger partial charge in [-0.05, 0) is 51.2 Å². The van der Waals surface area contributed by atoms with E-state index in [-0.39, 0.29) is 0 Å². The van der Waals surface area contributed by atoms with Crippen LogP contribution < -0.4 is 10.6 Å². The van der Waals surface area contributed by atoms with Gasteiger partial charge in [-0.3, -0.25) is 4.99 Å². The molecule has 0 fully saturated rings. The minimum atomic E-state index is 0.786. The molecule has 112 valence electrons. The van der Waals surface area contributed by atoms with Crippen LogP contribution in [0, 0.1) is 0 Å².